The van der Waals surface area contributed by atoms with Crippen LogP contribution >= 0.6 is 15.9 Å². The van der Waals surface area contributed by atoms with Gasteiger partial charge in [-0.1, -0.05) is 59.2 Å². The van der Waals surface area contributed by atoms with Crippen molar-refractivity contribution in [2.75, 3.05) is 7.11 Å². The van der Waals surface area contributed by atoms with Crippen LogP contribution in [0.4, 0.5) is 0 Å². The number of methoxy groups -OCH3 is 1. The highest BCUT2D eigenvalue weighted by molar-refractivity contribution is 9.11. The molecule has 124 valence electrons. The number of esters is 1. The highest BCUT2D eigenvalue weighted by Gasteiger charge is 1.97. The molecule has 0 aliphatic heterocycles. The molecular weight excluding hydrogens is 340 g/mol. The van der Waals surface area contributed by atoms with Crippen LogP contribution < -0.4 is 0 Å². The molecule has 3 heteroatoms. The minimum Gasteiger partial charge on any atom is -0.469 e. The van der Waals surface area contributed by atoms with Gasteiger partial charge in [0, 0.05) is 12.8 Å². The van der Waals surface area contributed by atoms with Crippen molar-refractivity contribution in [1.29, 1.82) is 0 Å². The van der Waals surface area contributed by atoms with Crippen molar-refractivity contribution in [3.8, 4) is 11.8 Å². The summed E-state index contributed by atoms with van der Waals surface area (Å²) in [4.78, 5) is 12.8. The van der Waals surface area contributed by atoms with Crippen molar-refractivity contribution < 1.29 is 9.53 Å². The normalized spacial score (nSPS) is 10.8. The molecule has 0 aliphatic rings. The Labute approximate surface area is 144 Å². The number of halogens is 1. The van der Waals surface area contributed by atoms with E-state index in [0.29, 0.717) is 6.42 Å². The predicted octanol–water partition coefficient (Wildman–Crippen LogP) is 5.92. The molecule has 0 amide bonds. The number of unbranched alkanes of at least 4 members (excludes halogenated alkanes) is 8. The van der Waals surface area contributed by atoms with E-state index in [1.54, 1.807) is 0 Å². The molecule has 0 radical (unpaired) electrons. The van der Waals surface area contributed by atoms with E-state index in [-0.39, 0.29) is 5.97 Å². The molecule has 0 spiro atoms. The van der Waals surface area contributed by atoms with Crippen LogP contribution in [0.5, 0.6) is 0 Å². The lowest BCUT2D eigenvalue weighted by molar-refractivity contribution is -0.140. The molecular formula is C19H29BrO2. The van der Waals surface area contributed by atoms with Crippen molar-refractivity contribution in [3.63, 3.8) is 0 Å². The van der Waals surface area contributed by atoms with E-state index in [1.807, 2.05) is 11.1 Å². The molecule has 0 N–H and O–H groups in total. The van der Waals surface area contributed by atoms with Crippen LogP contribution in [0, 0.1) is 11.8 Å². The highest BCUT2D eigenvalue weighted by Crippen LogP contribution is 2.07. The number of allylic oxidation sites excluding steroid dienone is 3. The van der Waals surface area contributed by atoms with Crippen molar-refractivity contribution in [3.05, 3.63) is 23.2 Å². The third-order valence-corrected chi connectivity index (χ3v) is 3.67. The maximum Gasteiger partial charge on any atom is 0.305 e. The molecule has 0 saturated carbocycles. The second kappa shape index (κ2) is 18.0. The van der Waals surface area contributed by atoms with Gasteiger partial charge >= 0.3 is 5.97 Å². The van der Waals surface area contributed by atoms with Crippen LogP contribution in [0.3, 0.4) is 0 Å². The Morgan fingerprint density at radius 3 is 2.36 bits per heavy atom. The van der Waals surface area contributed by atoms with Gasteiger partial charge in [-0.15, -0.1) is 0 Å². The monoisotopic (exact) mass is 368 g/mol. The van der Waals surface area contributed by atoms with E-state index in [9.17, 15) is 4.79 Å². The van der Waals surface area contributed by atoms with Gasteiger partial charge in [-0.2, -0.15) is 0 Å². The molecule has 0 heterocycles. The summed E-state index contributed by atoms with van der Waals surface area (Å²) in [6.45, 7) is 0. The summed E-state index contributed by atoms with van der Waals surface area (Å²) < 4.78 is 4.59. The first kappa shape index (κ1) is 21.0. The van der Waals surface area contributed by atoms with Gasteiger partial charge in [0.05, 0.1) is 7.11 Å². The van der Waals surface area contributed by atoms with Gasteiger partial charge in [-0.05, 0) is 49.6 Å². The number of carbonyl (C=O) groups is 1. The molecule has 0 saturated heterocycles. The third-order valence-electron chi connectivity index (χ3n) is 3.29. The maximum atomic E-state index is 10.9. The first-order valence-corrected chi connectivity index (χ1v) is 9.18. The lowest BCUT2D eigenvalue weighted by Gasteiger charge is -1.97. The quantitative estimate of drug-likeness (QED) is 0.243. The Bertz CT molecular complexity index is 375. The van der Waals surface area contributed by atoms with Crippen molar-refractivity contribution in [1.82, 2.24) is 0 Å². The zero-order valence-electron chi connectivity index (χ0n) is 13.8. The van der Waals surface area contributed by atoms with Gasteiger partial charge in [-0.25, -0.2) is 0 Å². The largest absolute Gasteiger partial charge is 0.469 e. The van der Waals surface area contributed by atoms with Gasteiger partial charge < -0.3 is 4.74 Å². The Balaban J connectivity index is 3.31. The van der Waals surface area contributed by atoms with E-state index in [1.165, 1.54) is 39.2 Å². The van der Waals surface area contributed by atoms with E-state index in [0.717, 1.165) is 32.1 Å². The fourth-order valence-electron chi connectivity index (χ4n) is 1.98. The standard InChI is InChI=1S/C19H29BrO2/c1-22-19(21)17-15-13-11-9-7-5-3-2-4-6-8-10-12-14-16-18-20/h2-3,16,18H,4,6,8-15,17H2,1H3/b3-2+,18-16+. The van der Waals surface area contributed by atoms with Crippen LogP contribution in [0.1, 0.15) is 70.6 Å². The van der Waals surface area contributed by atoms with Gasteiger partial charge in [0.25, 0.3) is 0 Å². The molecule has 0 bridgehead atoms. The molecule has 0 aromatic rings. The molecule has 0 aromatic heterocycles. The van der Waals surface area contributed by atoms with Gasteiger partial charge in [0.1, 0.15) is 0 Å². The second-order valence-electron chi connectivity index (χ2n) is 5.21. The van der Waals surface area contributed by atoms with Crippen molar-refractivity contribution in [2.45, 2.75) is 70.6 Å². The minimum atomic E-state index is -0.117. The Morgan fingerprint density at radius 2 is 1.68 bits per heavy atom. The molecule has 0 fully saturated rings. The summed E-state index contributed by atoms with van der Waals surface area (Å²) in [6, 6.07) is 0. The van der Waals surface area contributed by atoms with Crippen LogP contribution in [-0.4, -0.2) is 13.1 Å². The van der Waals surface area contributed by atoms with E-state index in [4.69, 9.17) is 0 Å². The summed E-state index contributed by atoms with van der Waals surface area (Å²) >= 11 is 3.28. The summed E-state index contributed by atoms with van der Waals surface area (Å²) in [5, 5.41) is 0. The summed E-state index contributed by atoms with van der Waals surface area (Å²) in [7, 11) is 1.43. The first-order valence-electron chi connectivity index (χ1n) is 8.26. The topological polar surface area (TPSA) is 26.3 Å². The molecule has 0 rings (SSSR count). The van der Waals surface area contributed by atoms with Crippen LogP contribution in [-0.2, 0) is 9.53 Å². The van der Waals surface area contributed by atoms with Crippen LogP contribution in [0.15, 0.2) is 23.2 Å². The lowest BCUT2D eigenvalue weighted by atomic mass is 10.1. The Hall–Kier alpha value is -1.01. The van der Waals surface area contributed by atoms with Gasteiger partial charge in [0.15, 0.2) is 0 Å². The lowest BCUT2D eigenvalue weighted by Crippen LogP contribution is -1.98. The average molecular weight is 369 g/mol. The minimum absolute atomic E-state index is 0.117. The molecule has 0 aromatic carbocycles. The zero-order chi connectivity index (χ0) is 16.3. The highest BCUT2D eigenvalue weighted by atomic mass is 79.9. The molecule has 0 atom stereocenters. The third kappa shape index (κ3) is 17.0. The van der Waals surface area contributed by atoms with E-state index < -0.39 is 0 Å². The Kier molecular flexibility index (Phi) is 17.2. The molecule has 22 heavy (non-hydrogen) atoms. The zero-order valence-corrected chi connectivity index (χ0v) is 15.4. The van der Waals surface area contributed by atoms with Gasteiger partial charge in [-0.3, -0.25) is 4.79 Å². The Morgan fingerprint density at radius 1 is 1.00 bits per heavy atom. The number of hydrogen-bond donors (Lipinski definition) is 0. The maximum absolute atomic E-state index is 10.9. The van der Waals surface area contributed by atoms with Crippen LogP contribution in [0.2, 0.25) is 0 Å². The SMILES string of the molecule is COC(=O)CCCCCC#C/C=C/CCCCCC/C=C/Br. The first-order chi connectivity index (χ1) is 10.8. The van der Waals surface area contributed by atoms with Gasteiger partial charge in [0.2, 0.25) is 0 Å². The fraction of sp³-hybridized carbons (Fsp3) is 0.632. The predicted molar refractivity (Wildman–Crippen MR) is 97.8 cm³/mol. The fourth-order valence-corrected chi connectivity index (χ4v) is 2.24. The number of hydrogen-bond acceptors (Lipinski definition) is 2. The molecule has 0 aliphatic carbocycles. The summed E-state index contributed by atoms with van der Waals surface area (Å²) in [5.74, 6) is 6.11. The van der Waals surface area contributed by atoms with Crippen molar-refractivity contribution in [2.24, 2.45) is 0 Å². The van der Waals surface area contributed by atoms with E-state index in [2.05, 4.69) is 44.7 Å². The van der Waals surface area contributed by atoms with E-state index >= 15 is 0 Å². The number of ether oxygens (including phenoxy) is 1. The number of carbonyl (C=O) groups excluding carboxylic acids is 1. The summed E-state index contributed by atoms with van der Waals surface area (Å²) in [5.41, 5.74) is 0. The van der Waals surface area contributed by atoms with Crippen LogP contribution in [0.25, 0.3) is 0 Å². The molecule has 0 unspecified atom stereocenters. The van der Waals surface area contributed by atoms with Crippen molar-refractivity contribution >= 4 is 21.9 Å². The average Bonchev–Trinajstić information content (AvgIpc) is 2.54. The smallest absolute Gasteiger partial charge is 0.305 e. The number of rotatable bonds is 12. The summed E-state index contributed by atoms with van der Waals surface area (Å²) in [6.07, 6.45) is 18.2. The molecule has 2 nitrogen and oxygen atoms in total. The second-order valence-corrected chi connectivity index (χ2v) is 5.74.